The third-order valence-electron chi connectivity index (χ3n) is 6.50. The second kappa shape index (κ2) is 10.8. The first kappa shape index (κ1) is 23.3. The summed E-state index contributed by atoms with van der Waals surface area (Å²) in [5, 5.41) is 8.05. The fourth-order valence-electron chi connectivity index (χ4n) is 4.41. The van der Waals surface area contributed by atoms with Crippen LogP contribution in [0.5, 0.6) is 0 Å². The van der Waals surface area contributed by atoms with E-state index in [0.29, 0.717) is 32.5 Å². The van der Waals surface area contributed by atoms with Gasteiger partial charge in [0.15, 0.2) is 6.04 Å². The van der Waals surface area contributed by atoms with Crippen LogP contribution in [-0.2, 0) is 20.9 Å². The van der Waals surface area contributed by atoms with Crippen molar-refractivity contribution in [3.8, 4) is 0 Å². The number of rotatable bonds is 7. The first-order valence-corrected chi connectivity index (χ1v) is 11.6. The topological polar surface area (TPSA) is 95.1 Å². The number of carbonyl (C=O) groups excluding carboxylic acids is 3. The normalized spacial score (nSPS) is 20.5. The molecule has 0 saturated carbocycles. The summed E-state index contributed by atoms with van der Waals surface area (Å²) in [6, 6.07) is 7.53. The van der Waals surface area contributed by atoms with Crippen LogP contribution in [0.15, 0.2) is 24.3 Å². The maximum absolute atomic E-state index is 12.9. The van der Waals surface area contributed by atoms with Crippen LogP contribution in [0.1, 0.15) is 50.7 Å². The highest BCUT2D eigenvalue weighted by molar-refractivity contribution is 5.89. The van der Waals surface area contributed by atoms with E-state index in [2.05, 4.69) is 16.0 Å². The van der Waals surface area contributed by atoms with Crippen LogP contribution in [0.3, 0.4) is 0 Å². The minimum absolute atomic E-state index is 0.0125. The zero-order chi connectivity index (χ0) is 22.4. The number of quaternary nitrogens is 1. The summed E-state index contributed by atoms with van der Waals surface area (Å²) in [4.78, 5) is 40.1. The van der Waals surface area contributed by atoms with Gasteiger partial charge in [0, 0.05) is 38.4 Å². The Hall–Kier alpha value is -2.41. The smallest absolute Gasteiger partial charge is 0.280 e. The molecule has 0 bridgehead atoms. The lowest BCUT2D eigenvalue weighted by Gasteiger charge is -2.33. The van der Waals surface area contributed by atoms with Crippen LogP contribution in [0.2, 0.25) is 0 Å². The SMILES string of the molecule is Cc1ccc(CNC(=O)[C@@H](NC(=O)C2CCN(C(=O)[C@@H]3CCC[NH2+]3)CC2)C(C)C)cc1. The number of nitrogens with one attached hydrogen (secondary N) is 2. The van der Waals surface area contributed by atoms with Crippen molar-refractivity contribution >= 4 is 17.7 Å². The second-order valence-electron chi connectivity index (χ2n) is 9.31. The molecule has 2 heterocycles. The van der Waals surface area contributed by atoms with E-state index >= 15 is 0 Å². The van der Waals surface area contributed by atoms with Gasteiger partial charge in [0.2, 0.25) is 11.8 Å². The van der Waals surface area contributed by atoms with Gasteiger partial charge in [-0.15, -0.1) is 0 Å². The van der Waals surface area contributed by atoms with E-state index in [9.17, 15) is 14.4 Å². The highest BCUT2D eigenvalue weighted by Gasteiger charge is 2.35. The van der Waals surface area contributed by atoms with Crippen molar-refractivity contribution in [2.45, 2.75) is 65.1 Å². The summed E-state index contributed by atoms with van der Waals surface area (Å²) >= 11 is 0. The summed E-state index contributed by atoms with van der Waals surface area (Å²) in [5.41, 5.74) is 2.21. The molecule has 2 aliphatic heterocycles. The fraction of sp³-hybridized carbons (Fsp3) is 0.625. The fourth-order valence-corrected chi connectivity index (χ4v) is 4.41. The average Bonchev–Trinajstić information content (AvgIpc) is 3.31. The molecule has 3 amide bonds. The minimum atomic E-state index is -0.564. The maximum atomic E-state index is 12.9. The molecule has 31 heavy (non-hydrogen) atoms. The Kier molecular flexibility index (Phi) is 8.07. The van der Waals surface area contributed by atoms with Crippen molar-refractivity contribution in [3.05, 3.63) is 35.4 Å². The van der Waals surface area contributed by atoms with Crippen molar-refractivity contribution in [1.82, 2.24) is 15.5 Å². The highest BCUT2D eigenvalue weighted by atomic mass is 16.2. The molecule has 0 spiro atoms. The van der Waals surface area contributed by atoms with E-state index in [4.69, 9.17) is 0 Å². The summed E-state index contributed by atoms with van der Waals surface area (Å²) in [6.07, 6.45) is 3.35. The van der Waals surface area contributed by atoms with E-state index < -0.39 is 6.04 Å². The van der Waals surface area contributed by atoms with Gasteiger partial charge < -0.3 is 20.9 Å². The minimum Gasteiger partial charge on any atom is -0.350 e. The quantitative estimate of drug-likeness (QED) is 0.596. The number of nitrogens with zero attached hydrogens (tertiary/aromatic N) is 1. The molecule has 0 unspecified atom stereocenters. The lowest BCUT2D eigenvalue weighted by Crippen LogP contribution is -2.89. The molecule has 2 saturated heterocycles. The predicted molar refractivity (Wildman–Crippen MR) is 119 cm³/mol. The number of nitrogens with two attached hydrogens (primary N) is 1. The zero-order valence-electron chi connectivity index (χ0n) is 19.0. The molecule has 2 aliphatic rings. The Labute approximate surface area is 185 Å². The number of amides is 3. The number of piperidine rings is 1. The van der Waals surface area contributed by atoms with Crippen LogP contribution in [0.4, 0.5) is 0 Å². The van der Waals surface area contributed by atoms with Gasteiger partial charge in [0.05, 0.1) is 6.54 Å². The number of carbonyl (C=O) groups is 3. The van der Waals surface area contributed by atoms with Gasteiger partial charge in [-0.1, -0.05) is 43.7 Å². The molecular weight excluding hydrogens is 392 g/mol. The Bertz CT molecular complexity index is 764. The van der Waals surface area contributed by atoms with Crippen molar-refractivity contribution in [1.29, 1.82) is 0 Å². The summed E-state index contributed by atoms with van der Waals surface area (Å²) < 4.78 is 0. The third-order valence-corrected chi connectivity index (χ3v) is 6.50. The molecule has 7 heteroatoms. The lowest BCUT2D eigenvalue weighted by atomic mass is 9.94. The summed E-state index contributed by atoms with van der Waals surface area (Å²) in [5.74, 6) is -0.187. The molecule has 0 aromatic heterocycles. The molecule has 1 aromatic rings. The first-order valence-electron chi connectivity index (χ1n) is 11.6. The number of hydrogen-bond acceptors (Lipinski definition) is 3. The molecule has 3 rings (SSSR count). The second-order valence-corrected chi connectivity index (χ2v) is 9.31. The van der Waals surface area contributed by atoms with Gasteiger partial charge in [0.25, 0.3) is 5.91 Å². The maximum Gasteiger partial charge on any atom is 0.280 e. The van der Waals surface area contributed by atoms with Crippen LogP contribution in [-0.4, -0.2) is 54.3 Å². The molecule has 0 radical (unpaired) electrons. The molecule has 2 atom stereocenters. The highest BCUT2D eigenvalue weighted by Crippen LogP contribution is 2.19. The molecule has 2 fully saturated rings. The molecule has 0 aliphatic carbocycles. The standard InChI is InChI=1S/C24H36N4O3/c1-16(2)21(23(30)26-15-18-8-6-17(3)7-9-18)27-22(29)19-10-13-28(14-11-19)24(31)20-5-4-12-25-20/h6-9,16,19-21,25H,4-5,10-15H2,1-3H3,(H,26,30)(H,27,29)/p+1/t20-,21-/m0/s1. The molecule has 7 nitrogen and oxygen atoms in total. The van der Waals surface area contributed by atoms with E-state index in [1.807, 2.05) is 49.9 Å². The first-order chi connectivity index (χ1) is 14.8. The zero-order valence-corrected chi connectivity index (χ0v) is 19.0. The number of likely N-dealkylation sites (tertiary alicyclic amines) is 1. The Balaban J connectivity index is 1.48. The number of benzene rings is 1. The third kappa shape index (κ3) is 6.29. The molecule has 1 aromatic carbocycles. The average molecular weight is 430 g/mol. The van der Waals surface area contributed by atoms with Gasteiger partial charge in [0.1, 0.15) is 6.04 Å². The predicted octanol–water partition coefficient (Wildman–Crippen LogP) is 0.716. The molecular formula is C24H37N4O3+. The van der Waals surface area contributed by atoms with Crippen molar-refractivity contribution in [2.75, 3.05) is 19.6 Å². The van der Waals surface area contributed by atoms with E-state index in [1.165, 1.54) is 5.56 Å². The summed E-state index contributed by atoms with van der Waals surface area (Å²) in [6.45, 7) is 8.61. The van der Waals surface area contributed by atoms with Gasteiger partial charge in [-0.25, -0.2) is 0 Å². The molecule has 4 N–H and O–H groups in total. The van der Waals surface area contributed by atoms with E-state index in [1.54, 1.807) is 0 Å². The van der Waals surface area contributed by atoms with E-state index in [-0.39, 0.29) is 35.6 Å². The monoisotopic (exact) mass is 429 g/mol. The van der Waals surface area contributed by atoms with Gasteiger partial charge in [-0.2, -0.15) is 0 Å². The Morgan fingerprint density at radius 1 is 1.10 bits per heavy atom. The van der Waals surface area contributed by atoms with Crippen LogP contribution >= 0.6 is 0 Å². The van der Waals surface area contributed by atoms with Crippen molar-refractivity contribution < 1.29 is 19.7 Å². The van der Waals surface area contributed by atoms with Gasteiger partial charge >= 0.3 is 0 Å². The lowest BCUT2D eigenvalue weighted by molar-refractivity contribution is -0.658. The van der Waals surface area contributed by atoms with Gasteiger partial charge in [-0.05, 0) is 31.2 Å². The Morgan fingerprint density at radius 3 is 2.35 bits per heavy atom. The van der Waals surface area contributed by atoms with Crippen LogP contribution in [0, 0.1) is 18.8 Å². The number of aryl methyl sites for hydroxylation is 1. The van der Waals surface area contributed by atoms with Gasteiger partial charge in [-0.3, -0.25) is 14.4 Å². The van der Waals surface area contributed by atoms with Crippen LogP contribution < -0.4 is 16.0 Å². The van der Waals surface area contributed by atoms with Crippen molar-refractivity contribution in [3.63, 3.8) is 0 Å². The summed E-state index contributed by atoms with van der Waals surface area (Å²) in [7, 11) is 0. The Morgan fingerprint density at radius 2 is 1.77 bits per heavy atom. The molecule has 170 valence electrons. The largest absolute Gasteiger partial charge is 0.350 e. The van der Waals surface area contributed by atoms with E-state index in [0.717, 1.165) is 24.9 Å². The van der Waals surface area contributed by atoms with Crippen LogP contribution in [0.25, 0.3) is 0 Å². The van der Waals surface area contributed by atoms with Crippen molar-refractivity contribution in [2.24, 2.45) is 11.8 Å². The number of hydrogen-bond donors (Lipinski definition) is 3.